The number of hydrogen-bond acceptors (Lipinski definition) is 5. The van der Waals surface area contributed by atoms with Crippen LogP contribution in [0.1, 0.15) is 10.4 Å². The largest absolute Gasteiger partial charge is 0.493 e. The van der Waals surface area contributed by atoms with Gasteiger partial charge in [0.1, 0.15) is 0 Å². The second kappa shape index (κ2) is 9.59. The lowest BCUT2D eigenvalue weighted by Gasteiger charge is -2.12. The van der Waals surface area contributed by atoms with Gasteiger partial charge in [0.25, 0.3) is 11.8 Å². The number of carbonyl (C=O) groups is 2. The van der Waals surface area contributed by atoms with Gasteiger partial charge in [-0.15, -0.1) is 0 Å². The molecule has 0 spiro atoms. The Labute approximate surface area is 160 Å². The zero-order chi connectivity index (χ0) is 18.9. The monoisotopic (exact) mass is 393 g/mol. The second-order valence-electron chi connectivity index (χ2n) is 4.88. The number of methoxy groups -OCH3 is 1. The first-order valence-electron chi connectivity index (χ1n) is 7.41. The molecule has 2 aromatic carbocycles. The average Bonchev–Trinajstić information content (AvgIpc) is 2.65. The van der Waals surface area contributed by atoms with Crippen LogP contribution in [0.25, 0.3) is 0 Å². The van der Waals surface area contributed by atoms with E-state index in [1.807, 2.05) is 0 Å². The Bertz CT molecular complexity index is 816. The molecule has 0 saturated heterocycles. The van der Waals surface area contributed by atoms with Crippen LogP contribution in [-0.2, 0) is 4.79 Å². The van der Waals surface area contributed by atoms with Crippen LogP contribution >= 0.6 is 23.8 Å². The van der Waals surface area contributed by atoms with E-state index in [-0.39, 0.29) is 17.3 Å². The molecule has 2 aromatic rings. The standard InChI is InChI=1S/C17H16ClN3O4S/c1-24-13-8-4-5-9-14(13)25-10-15(22)19-17(26)21-20-16(23)11-6-2-3-7-12(11)18/h2-9H,10H2,1H3,(H,20,23)(H2,19,21,22,26). The lowest BCUT2D eigenvalue weighted by molar-refractivity contribution is -0.121. The van der Waals surface area contributed by atoms with Crippen molar-refractivity contribution in [3.63, 3.8) is 0 Å². The molecule has 9 heteroatoms. The zero-order valence-corrected chi connectivity index (χ0v) is 15.3. The number of amides is 2. The fraction of sp³-hybridized carbons (Fsp3) is 0.118. The highest BCUT2D eigenvalue weighted by atomic mass is 35.5. The molecule has 136 valence electrons. The summed E-state index contributed by atoms with van der Waals surface area (Å²) < 4.78 is 10.5. The maximum atomic E-state index is 12.0. The summed E-state index contributed by atoms with van der Waals surface area (Å²) in [5.41, 5.74) is 5.04. The van der Waals surface area contributed by atoms with Gasteiger partial charge < -0.3 is 9.47 Å². The highest BCUT2D eigenvalue weighted by molar-refractivity contribution is 7.80. The van der Waals surface area contributed by atoms with Crippen LogP contribution in [0.3, 0.4) is 0 Å². The van der Waals surface area contributed by atoms with E-state index < -0.39 is 11.8 Å². The Morgan fingerprint density at radius 1 is 1.04 bits per heavy atom. The van der Waals surface area contributed by atoms with Gasteiger partial charge in [-0.2, -0.15) is 0 Å². The van der Waals surface area contributed by atoms with Gasteiger partial charge in [0, 0.05) is 0 Å². The van der Waals surface area contributed by atoms with Crippen LogP contribution in [0.2, 0.25) is 5.02 Å². The molecule has 2 amide bonds. The molecule has 0 heterocycles. The Kier molecular flexibility index (Phi) is 7.19. The molecule has 0 unspecified atom stereocenters. The van der Waals surface area contributed by atoms with E-state index in [1.165, 1.54) is 7.11 Å². The molecular weight excluding hydrogens is 378 g/mol. The second-order valence-corrected chi connectivity index (χ2v) is 5.69. The molecule has 0 bridgehead atoms. The van der Waals surface area contributed by atoms with Crippen molar-refractivity contribution in [1.82, 2.24) is 16.2 Å². The Balaban J connectivity index is 1.78. The molecule has 3 N–H and O–H groups in total. The van der Waals surface area contributed by atoms with Crippen LogP contribution in [-0.4, -0.2) is 30.6 Å². The minimum Gasteiger partial charge on any atom is -0.493 e. The van der Waals surface area contributed by atoms with Crippen molar-refractivity contribution in [3.8, 4) is 11.5 Å². The highest BCUT2D eigenvalue weighted by Crippen LogP contribution is 2.25. The van der Waals surface area contributed by atoms with Crippen molar-refractivity contribution in [2.75, 3.05) is 13.7 Å². The normalized spacial score (nSPS) is 9.77. The Hall–Kier alpha value is -2.84. The van der Waals surface area contributed by atoms with Gasteiger partial charge >= 0.3 is 0 Å². The molecule has 0 fully saturated rings. The summed E-state index contributed by atoms with van der Waals surface area (Å²) in [5.74, 6) is -0.0538. The van der Waals surface area contributed by atoms with Crippen molar-refractivity contribution in [1.29, 1.82) is 0 Å². The fourth-order valence-electron chi connectivity index (χ4n) is 1.90. The number of hydrazine groups is 1. The molecule has 7 nitrogen and oxygen atoms in total. The van der Waals surface area contributed by atoms with E-state index in [9.17, 15) is 9.59 Å². The number of nitrogens with one attached hydrogen (secondary N) is 3. The van der Waals surface area contributed by atoms with Crippen LogP contribution in [0.5, 0.6) is 11.5 Å². The summed E-state index contributed by atoms with van der Waals surface area (Å²) in [6.45, 7) is -0.277. The number of hydrogen-bond donors (Lipinski definition) is 3. The third kappa shape index (κ3) is 5.61. The topological polar surface area (TPSA) is 88.7 Å². The molecule has 26 heavy (non-hydrogen) atoms. The quantitative estimate of drug-likeness (QED) is 0.532. The minimum absolute atomic E-state index is 0.0842. The number of halogens is 1. The van der Waals surface area contributed by atoms with Gasteiger partial charge in [0.2, 0.25) is 0 Å². The number of thiocarbonyl (C=S) groups is 1. The first-order valence-corrected chi connectivity index (χ1v) is 8.20. The van der Waals surface area contributed by atoms with Gasteiger partial charge in [-0.3, -0.25) is 25.8 Å². The maximum Gasteiger partial charge on any atom is 0.271 e. The average molecular weight is 394 g/mol. The van der Waals surface area contributed by atoms with Crippen LogP contribution in [0, 0.1) is 0 Å². The molecule has 0 aliphatic rings. The first kappa shape index (κ1) is 19.5. The number of benzene rings is 2. The minimum atomic E-state index is -0.500. The van der Waals surface area contributed by atoms with Crippen LogP contribution < -0.4 is 25.6 Å². The van der Waals surface area contributed by atoms with Crippen LogP contribution in [0.4, 0.5) is 0 Å². The summed E-state index contributed by atoms with van der Waals surface area (Å²) in [6.07, 6.45) is 0. The predicted molar refractivity (Wildman–Crippen MR) is 101 cm³/mol. The third-order valence-corrected chi connectivity index (χ3v) is 3.62. The van der Waals surface area contributed by atoms with Gasteiger partial charge in [0.05, 0.1) is 17.7 Å². The fourth-order valence-corrected chi connectivity index (χ4v) is 2.29. The smallest absolute Gasteiger partial charge is 0.271 e. The molecule has 0 aliphatic carbocycles. The van der Waals surface area contributed by atoms with E-state index in [2.05, 4.69) is 16.2 Å². The lowest BCUT2D eigenvalue weighted by atomic mass is 10.2. The zero-order valence-electron chi connectivity index (χ0n) is 13.7. The Morgan fingerprint density at radius 3 is 2.38 bits per heavy atom. The molecule has 0 aliphatic heterocycles. The molecule has 0 aromatic heterocycles. The molecule has 0 saturated carbocycles. The Morgan fingerprint density at radius 2 is 1.69 bits per heavy atom. The van der Waals surface area contributed by atoms with Crippen molar-refractivity contribution < 1.29 is 19.1 Å². The molecule has 0 radical (unpaired) electrons. The summed E-state index contributed by atoms with van der Waals surface area (Å²) in [6, 6.07) is 13.5. The number of carbonyl (C=O) groups excluding carboxylic acids is 2. The SMILES string of the molecule is COc1ccccc1OCC(=O)NC(=S)NNC(=O)c1ccccc1Cl. The lowest BCUT2D eigenvalue weighted by Crippen LogP contribution is -2.49. The summed E-state index contributed by atoms with van der Waals surface area (Å²) in [7, 11) is 1.50. The number of rotatable bonds is 5. The van der Waals surface area contributed by atoms with Gasteiger partial charge in [-0.25, -0.2) is 0 Å². The van der Waals surface area contributed by atoms with Crippen molar-refractivity contribution in [3.05, 3.63) is 59.1 Å². The third-order valence-electron chi connectivity index (χ3n) is 3.09. The highest BCUT2D eigenvalue weighted by Gasteiger charge is 2.11. The van der Waals surface area contributed by atoms with Crippen molar-refractivity contribution in [2.24, 2.45) is 0 Å². The van der Waals surface area contributed by atoms with E-state index >= 15 is 0 Å². The van der Waals surface area contributed by atoms with Crippen molar-refractivity contribution in [2.45, 2.75) is 0 Å². The number of para-hydroxylation sites is 2. The summed E-state index contributed by atoms with van der Waals surface area (Å²) in [5, 5.41) is 2.59. The maximum absolute atomic E-state index is 12.0. The van der Waals surface area contributed by atoms with Crippen LogP contribution in [0.15, 0.2) is 48.5 Å². The summed E-state index contributed by atoms with van der Waals surface area (Å²) >= 11 is 10.9. The van der Waals surface area contributed by atoms with Gasteiger partial charge in [-0.05, 0) is 36.5 Å². The first-order chi connectivity index (χ1) is 12.5. The molecular formula is C17H16ClN3O4S. The van der Waals surface area contributed by atoms with Crippen molar-refractivity contribution >= 4 is 40.7 Å². The van der Waals surface area contributed by atoms with E-state index in [4.69, 9.17) is 33.3 Å². The van der Waals surface area contributed by atoms with E-state index in [1.54, 1.807) is 48.5 Å². The van der Waals surface area contributed by atoms with Gasteiger partial charge in [0.15, 0.2) is 23.2 Å². The molecule has 0 atom stereocenters. The molecule has 2 rings (SSSR count). The summed E-state index contributed by atoms with van der Waals surface area (Å²) in [4.78, 5) is 23.8. The predicted octanol–water partition coefficient (Wildman–Crippen LogP) is 2.06. The number of ether oxygens (including phenoxy) is 2. The van der Waals surface area contributed by atoms with E-state index in [0.717, 1.165) is 0 Å². The van der Waals surface area contributed by atoms with E-state index in [0.29, 0.717) is 16.5 Å². The van der Waals surface area contributed by atoms with Gasteiger partial charge in [-0.1, -0.05) is 35.9 Å².